The van der Waals surface area contributed by atoms with Gasteiger partial charge in [-0.25, -0.2) is 0 Å². The van der Waals surface area contributed by atoms with E-state index >= 15 is 0 Å². The Bertz CT molecular complexity index is 365. The van der Waals surface area contributed by atoms with Gasteiger partial charge < -0.3 is 10.1 Å². The lowest BCUT2D eigenvalue weighted by Crippen LogP contribution is -2.56. The minimum absolute atomic E-state index is 0.144. The molecule has 3 heteroatoms. The van der Waals surface area contributed by atoms with Crippen LogP contribution >= 0.6 is 0 Å². The quantitative estimate of drug-likeness (QED) is 0.861. The molecule has 2 atom stereocenters. The van der Waals surface area contributed by atoms with Crippen LogP contribution in [-0.4, -0.2) is 24.7 Å². The molecule has 5 rings (SSSR count). The van der Waals surface area contributed by atoms with E-state index in [1.165, 1.54) is 38.5 Å². The Kier molecular flexibility index (Phi) is 3.10. The predicted octanol–water partition coefficient (Wildman–Crippen LogP) is 2.89. The van der Waals surface area contributed by atoms with Crippen molar-refractivity contribution in [3.8, 4) is 0 Å². The molecule has 4 aliphatic carbocycles. The summed E-state index contributed by atoms with van der Waals surface area (Å²) in [5.41, 5.74) is 0.406. The van der Waals surface area contributed by atoms with Gasteiger partial charge in [0.15, 0.2) is 0 Å². The molecule has 0 aromatic heterocycles. The largest absolute Gasteiger partial charge is 0.368 e. The van der Waals surface area contributed by atoms with Gasteiger partial charge in [0.25, 0.3) is 0 Å². The van der Waals surface area contributed by atoms with Crippen molar-refractivity contribution in [3.63, 3.8) is 0 Å². The molecule has 5 fully saturated rings. The lowest BCUT2D eigenvalue weighted by Gasteiger charge is -2.59. The number of hydrogen-bond acceptors (Lipinski definition) is 2. The highest BCUT2D eigenvalue weighted by atomic mass is 16.5. The van der Waals surface area contributed by atoms with Gasteiger partial charge in [-0.2, -0.15) is 0 Å². The van der Waals surface area contributed by atoms with E-state index in [-0.39, 0.29) is 12.0 Å². The number of carbonyl (C=O) groups excluding carboxylic acids is 1. The molecule has 1 saturated heterocycles. The zero-order valence-corrected chi connectivity index (χ0v) is 12.6. The second-order valence-corrected chi connectivity index (χ2v) is 8.01. The van der Waals surface area contributed by atoms with Crippen LogP contribution in [0.25, 0.3) is 0 Å². The molecule has 0 aromatic carbocycles. The lowest BCUT2D eigenvalue weighted by atomic mass is 9.48. The van der Waals surface area contributed by atoms with Crippen molar-refractivity contribution in [2.45, 2.75) is 70.4 Å². The lowest BCUT2D eigenvalue weighted by molar-refractivity contribution is -0.134. The summed E-state index contributed by atoms with van der Waals surface area (Å²) >= 11 is 0. The van der Waals surface area contributed by atoms with Crippen LogP contribution in [0.2, 0.25) is 0 Å². The molecule has 20 heavy (non-hydrogen) atoms. The molecule has 1 N–H and O–H groups in total. The number of nitrogens with one attached hydrogen (secondary N) is 1. The van der Waals surface area contributed by atoms with Crippen LogP contribution in [0, 0.1) is 23.2 Å². The highest BCUT2D eigenvalue weighted by Crippen LogP contribution is 2.61. The molecule has 0 aromatic rings. The fourth-order valence-electron chi connectivity index (χ4n) is 5.95. The molecule has 1 amide bonds. The van der Waals surface area contributed by atoms with E-state index in [0.717, 1.165) is 37.2 Å². The van der Waals surface area contributed by atoms with Gasteiger partial charge in [-0.05, 0) is 81.5 Å². The number of carbonyl (C=O) groups is 1. The van der Waals surface area contributed by atoms with Crippen molar-refractivity contribution in [3.05, 3.63) is 0 Å². The molecule has 0 spiro atoms. The van der Waals surface area contributed by atoms with E-state index < -0.39 is 0 Å². The second-order valence-electron chi connectivity index (χ2n) is 8.01. The predicted molar refractivity (Wildman–Crippen MR) is 77.2 cm³/mol. The second kappa shape index (κ2) is 4.72. The third-order valence-corrected chi connectivity index (χ3v) is 6.59. The van der Waals surface area contributed by atoms with Gasteiger partial charge in [-0.3, -0.25) is 4.79 Å². The molecule has 3 nitrogen and oxygen atoms in total. The summed E-state index contributed by atoms with van der Waals surface area (Å²) in [7, 11) is 0. The first-order valence-corrected chi connectivity index (χ1v) is 8.57. The van der Waals surface area contributed by atoms with Crippen LogP contribution in [-0.2, 0) is 9.53 Å². The molecular formula is C17H27NO2. The van der Waals surface area contributed by atoms with Crippen LogP contribution in [0.4, 0.5) is 0 Å². The normalized spacial score (nSPS) is 47.5. The van der Waals surface area contributed by atoms with Crippen molar-refractivity contribution in [1.82, 2.24) is 5.32 Å². The monoisotopic (exact) mass is 277 g/mol. The SMILES string of the molecule is CC(NC(=O)C1CCCO1)C12CC3CC(CC(C3)C1)C2. The number of amides is 1. The summed E-state index contributed by atoms with van der Waals surface area (Å²) in [6, 6.07) is 0.326. The molecule has 2 unspecified atom stereocenters. The highest BCUT2D eigenvalue weighted by Gasteiger charge is 2.53. The Morgan fingerprint density at radius 2 is 1.75 bits per heavy atom. The van der Waals surface area contributed by atoms with E-state index in [9.17, 15) is 4.79 Å². The van der Waals surface area contributed by atoms with Crippen LogP contribution < -0.4 is 5.32 Å². The Morgan fingerprint density at radius 3 is 2.25 bits per heavy atom. The van der Waals surface area contributed by atoms with Crippen LogP contribution in [0.5, 0.6) is 0 Å². The van der Waals surface area contributed by atoms with E-state index in [1.54, 1.807) is 0 Å². The van der Waals surface area contributed by atoms with Crippen LogP contribution in [0.1, 0.15) is 58.3 Å². The van der Waals surface area contributed by atoms with Gasteiger partial charge in [0.1, 0.15) is 6.10 Å². The Balaban J connectivity index is 1.45. The van der Waals surface area contributed by atoms with Gasteiger partial charge in [0, 0.05) is 12.6 Å². The molecule has 1 heterocycles. The molecule has 1 aliphatic heterocycles. The van der Waals surface area contributed by atoms with Gasteiger partial charge in [0.2, 0.25) is 5.91 Å². The maximum absolute atomic E-state index is 12.3. The summed E-state index contributed by atoms with van der Waals surface area (Å²) in [5.74, 6) is 2.99. The molecule has 112 valence electrons. The van der Waals surface area contributed by atoms with Crippen molar-refractivity contribution in [2.24, 2.45) is 23.2 Å². The van der Waals surface area contributed by atoms with Crippen LogP contribution in [0.15, 0.2) is 0 Å². The topological polar surface area (TPSA) is 38.3 Å². The zero-order valence-electron chi connectivity index (χ0n) is 12.6. The number of hydrogen-bond donors (Lipinski definition) is 1. The van der Waals surface area contributed by atoms with Crippen molar-refractivity contribution in [1.29, 1.82) is 0 Å². The van der Waals surface area contributed by atoms with Crippen molar-refractivity contribution in [2.75, 3.05) is 6.61 Å². The van der Waals surface area contributed by atoms with E-state index in [1.807, 2.05) is 0 Å². The fraction of sp³-hybridized carbons (Fsp3) is 0.941. The first kappa shape index (κ1) is 13.1. The van der Waals surface area contributed by atoms with Gasteiger partial charge in [-0.15, -0.1) is 0 Å². The van der Waals surface area contributed by atoms with Gasteiger partial charge in [0.05, 0.1) is 0 Å². The van der Waals surface area contributed by atoms with Crippen LogP contribution in [0.3, 0.4) is 0 Å². The summed E-state index contributed by atoms with van der Waals surface area (Å²) in [4.78, 5) is 12.3. The van der Waals surface area contributed by atoms with E-state index in [2.05, 4.69) is 12.2 Å². The third kappa shape index (κ3) is 2.09. The maximum atomic E-state index is 12.3. The summed E-state index contributed by atoms with van der Waals surface area (Å²) in [6.45, 7) is 3.00. The summed E-state index contributed by atoms with van der Waals surface area (Å²) < 4.78 is 5.52. The van der Waals surface area contributed by atoms with Gasteiger partial charge in [-0.1, -0.05) is 0 Å². The van der Waals surface area contributed by atoms with Gasteiger partial charge >= 0.3 is 0 Å². The van der Waals surface area contributed by atoms with Crippen molar-refractivity contribution >= 4 is 5.91 Å². The minimum atomic E-state index is -0.175. The smallest absolute Gasteiger partial charge is 0.249 e. The Labute approximate surface area is 121 Å². The zero-order chi connectivity index (χ0) is 13.7. The highest BCUT2D eigenvalue weighted by molar-refractivity contribution is 5.81. The van der Waals surface area contributed by atoms with E-state index in [0.29, 0.717) is 11.5 Å². The summed E-state index contributed by atoms with van der Waals surface area (Å²) in [6.07, 6.45) is 10.2. The van der Waals surface area contributed by atoms with E-state index in [4.69, 9.17) is 4.74 Å². The van der Waals surface area contributed by atoms with Crippen molar-refractivity contribution < 1.29 is 9.53 Å². The number of rotatable bonds is 3. The standard InChI is InChI=1S/C17H27NO2/c1-11(18-16(19)15-3-2-4-20-15)17-8-12-5-13(9-17)7-14(6-12)10-17/h11-15H,2-10H2,1H3,(H,18,19). The Morgan fingerprint density at radius 1 is 1.15 bits per heavy atom. The molecule has 4 saturated carbocycles. The Hall–Kier alpha value is -0.570. The average molecular weight is 277 g/mol. The first-order chi connectivity index (χ1) is 9.64. The molecule has 0 radical (unpaired) electrons. The summed E-state index contributed by atoms with van der Waals surface area (Å²) in [5, 5.41) is 3.31. The first-order valence-electron chi connectivity index (χ1n) is 8.57. The molecule has 4 bridgehead atoms. The maximum Gasteiger partial charge on any atom is 0.249 e. The third-order valence-electron chi connectivity index (χ3n) is 6.59. The number of ether oxygens (including phenoxy) is 1. The fourth-order valence-corrected chi connectivity index (χ4v) is 5.95. The molecule has 5 aliphatic rings. The minimum Gasteiger partial charge on any atom is -0.368 e. The average Bonchev–Trinajstić information content (AvgIpc) is 2.90. The molecular weight excluding hydrogens is 250 g/mol.